The summed E-state index contributed by atoms with van der Waals surface area (Å²) in [4.78, 5) is 12.1. The number of nitrogens with one attached hydrogen (secondary N) is 2. The normalized spacial score (nSPS) is 19.9. The number of carbonyl (C=O) groups excluding carboxylic acids is 1. The number of fused-ring (bicyclic) bond motifs is 1. The molecule has 0 saturated carbocycles. The summed E-state index contributed by atoms with van der Waals surface area (Å²) in [7, 11) is 0. The van der Waals surface area contributed by atoms with E-state index in [1.807, 2.05) is 38.1 Å². The maximum Gasteiger partial charge on any atom is 0.237 e. The van der Waals surface area contributed by atoms with Gasteiger partial charge < -0.3 is 10.1 Å². The molecule has 110 valence electrons. The first-order chi connectivity index (χ1) is 9.61. The Labute approximate surface area is 120 Å². The Morgan fingerprint density at radius 2 is 2.15 bits per heavy atom. The Bertz CT molecular complexity index is 462. The first-order valence-corrected chi connectivity index (χ1v) is 7.40. The number of ether oxygens (including phenoxy) is 1. The van der Waals surface area contributed by atoms with Gasteiger partial charge in [-0.1, -0.05) is 31.5 Å². The second-order valence-corrected chi connectivity index (χ2v) is 5.49. The van der Waals surface area contributed by atoms with Crippen LogP contribution < -0.4 is 15.4 Å². The number of carbonyl (C=O) groups is 1. The standard InChI is InChI=1S/C16H24N2O2/c1-4-7-11(2)17-16(19)12(3)18-14-10-20-15-9-6-5-8-13(14)15/h5-6,8-9,11-12,14,18H,4,7,10H2,1-3H3,(H,17,19). The minimum absolute atomic E-state index is 0.0512. The van der Waals surface area contributed by atoms with Crippen molar-refractivity contribution < 1.29 is 9.53 Å². The van der Waals surface area contributed by atoms with Gasteiger partial charge in [-0.15, -0.1) is 0 Å². The largest absolute Gasteiger partial charge is 0.491 e. The van der Waals surface area contributed by atoms with Crippen molar-refractivity contribution in [1.29, 1.82) is 0 Å². The molecule has 2 rings (SSSR count). The minimum atomic E-state index is -0.228. The average Bonchev–Trinajstić information content (AvgIpc) is 2.82. The highest BCUT2D eigenvalue weighted by Gasteiger charge is 2.26. The quantitative estimate of drug-likeness (QED) is 0.839. The number of benzene rings is 1. The first kappa shape index (κ1) is 14.9. The maximum atomic E-state index is 12.1. The van der Waals surface area contributed by atoms with Crippen LogP contribution in [0.1, 0.15) is 45.2 Å². The van der Waals surface area contributed by atoms with E-state index in [1.165, 1.54) is 0 Å². The smallest absolute Gasteiger partial charge is 0.237 e. The van der Waals surface area contributed by atoms with Crippen molar-refractivity contribution in [2.75, 3.05) is 6.61 Å². The molecule has 4 heteroatoms. The lowest BCUT2D eigenvalue weighted by molar-refractivity contribution is -0.123. The molecule has 0 fully saturated rings. The summed E-state index contributed by atoms with van der Waals surface area (Å²) in [6.45, 7) is 6.65. The van der Waals surface area contributed by atoms with Crippen molar-refractivity contribution in [3.63, 3.8) is 0 Å². The molecule has 20 heavy (non-hydrogen) atoms. The van der Waals surface area contributed by atoms with E-state index in [0.29, 0.717) is 6.61 Å². The first-order valence-electron chi connectivity index (χ1n) is 7.40. The van der Waals surface area contributed by atoms with Crippen LogP contribution in [0.3, 0.4) is 0 Å². The highest BCUT2D eigenvalue weighted by molar-refractivity contribution is 5.81. The number of rotatable bonds is 6. The van der Waals surface area contributed by atoms with Gasteiger partial charge in [0.05, 0.1) is 12.1 Å². The molecular formula is C16H24N2O2. The fourth-order valence-electron chi connectivity index (χ4n) is 2.55. The summed E-state index contributed by atoms with van der Waals surface area (Å²) in [6, 6.07) is 8.06. The van der Waals surface area contributed by atoms with Gasteiger partial charge in [-0.05, 0) is 26.3 Å². The van der Waals surface area contributed by atoms with E-state index in [-0.39, 0.29) is 24.0 Å². The van der Waals surface area contributed by atoms with Crippen molar-refractivity contribution in [3.8, 4) is 5.75 Å². The van der Waals surface area contributed by atoms with Crippen LogP contribution in [0.4, 0.5) is 0 Å². The molecule has 2 N–H and O–H groups in total. The molecule has 3 atom stereocenters. The van der Waals surface area contributed by atoms with E-state index in [9.17, 15) is 4.79 Å². The molecule has 0 aliphatic carbocycles. The predicted octanol–water partition coefficient (Wildman–Crippen LogP) is 2.40. The summed E-state index contributed by atoms with van der Waals surface area (Å²) in [5, 5.41) is 6.38. The van der Waals surface area contributed by atoms with Crippen molar-refractivity contribution >= 4 is 5.91 Å². The van der Waals surface area contributed by atoms with Crippen LogP contribution in [0, 0.1) is 0 Å². The zero-order valence-electron chi connectivity index (χ0n) is 12.5. The molecule has 1 aliphatic heterocycles. The minimum Gasteiger partial charge on any atom is -0.491 e. The van der Waals surface area contributed by atoms with E-state index in [0.717, 1.165) is 24.2 Å². The summed E-state index contributed by atoms with van der Waals surface area (Å²) in [5.41, 5.74) is 1.13. The van der Waals surface area contributed by atoms with Crippen LogP contribution in [0.25, 0.3) is 0 Å². The van der Waals surface area contributed by atoms with Gasteiger partial charge in [-0.3, -0.25) is 10.1 Å². The zero-order chi connectivity index (χ0) is 14.5. The van der Waals surface area contributed by atoms with Crippen molar-refractivity contribution in [2.24, 2.45) is 0 Å². The van der Waals surface area contributed by atoms with Crippen LogP contribution >= 0.6 is 0 Å². The number of amides is 1. The fraction of sp³-hybridized carbons (Fsp3) is 0.562. The Hall–Kier alpha value is -1.55. The van der Waals surface area contributed by atoms with Crippen LogP contribution in [-0.4, -0.2) is 24.6 Å². The van der Waals surface area contributed by atoms with E-state index in [2.05, 4.69) is 17.6 Å². The molecular weight excluding hydrogens is 252 g/mol. The van der Waals surface area contributed by atoms with E-state index in [1.54, 1.807) is 0 Å². The lowest BCUT2D eigenvalue weighted by atomic mass is 10.1. The molecule has 0 saturated heterocycles. The van der Waals surface area contributed by atoms with Crippen LogP contribution in [0.15, 0.2) is 24.3 Å². The van der Waals surface area contributed by atoms with Crippen LogP contribution in [0.2, 0.25) is 0 Å². The Balaban J connectivity index is 1.89. The van der Waals surface area contributed by atoms with E-state index in [4.69, 9.17) is 4.74 Å². The lowest BCUT2D eigenvalue weighted by Gasteiger charge is -2.21. The SMILES string of the molecule is CCCC(C)NC(=O)C(C)NC1COc2ccccc21. The molecule has 0 spiro atoms. The summed E-state index contributed by atoms with van der Waals surface area (Å²) in [6.07, 6.45) is 2.08. The molecule has 4 nitrogen and oxygen atoms in total. The molecule has 1 heterocycles. The summed E-state index contributed by atoms with van der Waals surface area (Å²) < 4.78 is 5.62. The molecule has 0 bridgehead atoms. The summed E-state index contributed by atoms with van der Waals surface area (Å²) in [5.74, 6) is 0.965. The van der Waals surface area contributed by atoms with Gasteiger partial charge in [0.1, 0.15) is 12.4 Å². The summed E-state index contributed by atoms with van der Waals surface area (Å²) >= 11 is 0. The maximum absolute atomic E-state index is 12.1. The molecule has 3 unspecified atom stereocenters. The highest BCUT2D eigenvalue weighted by Crippen LogP contribution is 2.31. The van der Waals surface area contributed by atoms with E-state index >= 15 is 0 Å². The van der Waals surface area contributed by atoms with Gasteiger partial charge >= 0.3 is 0 Å². The van der Waals surface area contributed by atoms with E-state index < -0.39 is 0 Å². The van der Waals surface area contributed by atoms with Gasteiger partial charge in [-0.2, -0.15) is 0 Å². The molecule has 1 amide bonds. The fourth-order valence-corrected chi connectivity index (χ4v) is 2.55. The van der Waals surface area contributed by atoms with Crippen molar-refractivity contribution in [2.45, 2.75) is 51.7 Å². The highest BCUT2D eigenvalue weighted by atomic mass is 16.5. The zero-order valence-corrected chi connectivity index (χ0v) is 12.5. The molecule has 1 aliphatic rings. The third-order valence-electron chi connectivity index (χ3n) is 3.65. The Morgan fingerprint density at radius 1 is 1.40 bits per heavy atom. The van der Waals surface area contributed by atoms with Gasteiger partial charge in [-0.25, -0.2) is 0 Å². The second-order valence-electron chi connectivity index (χ2n) is 5.49. The molecule has 0 aromatic heterocycles. The number of hydrogen-bond acceptors (Lipinski definition) is 3. The third kappa shape index (κ3) is 3.51. The molecule has 1 aromatic rings. The van der Waals surface area contributed by atoms with Crippen LogP contribution in [-0.2, 0) is 4.79 Å². The van der Waals surface area contributed by atoms with Crippen molar-refractivity contribution in [1.82, 2.24) is 10.6 Å². The molecule has 0 radical (unpaired) electrons. The monoisotopic (exact) mass is 276 g/mol. The predicted molar refractivity (Wildman–Crippen MR) is 79.8 cm³/mol. The second kappa shape index (κ2) is 6.75. The lowest BCUT2D eigenvalue weighted by Crippen LogP contribution is -2.46. The average molecular weight is 276 g/mol. The van der Waals surface area contributed by atoms with Gasteiger partial charge in [0, 0.05) is 11.6 Å². The topological polar surface area (TPSA) is 50.4 Å². The van der Waals surface area contributed by atoms with Gasteiger partial charge in [0.2, 0.25) is 5.91 Å². The van der Waals surface area contributed by atoms with Crippen molar-refractivity contribution in [3.05, 3.63) is 29.8 Å². The van der Waals surface area contributed by atoms with Gasteiger partial charge in [0.15, 0.2) is 0 Å². The number of para-hydroxylation sites is 1. The molecule has 1 aromatic carbocycles. The Kier molecular flexibility index (Phi) is 5.01. The third-order valence-corrected chi connectivity index (χ3v) is 3.65. The van der Waals surface area contributed by atoms with Gasteiger partial charge in [0.25, 0.3) is 0 Å². The Morgan fingerprint density at radius 3 is 2.90 bits per heavy atom. The number of hydrogen-bond donors (Lipinski definition) is 2. The van der Waals surface area contributed by atoms with Crippen LogP contribution in [0.5, 0.6) is 5.75 Å².